The largest absolute Gasteiger partial charge is 0.371 e. The van der Waals surface area contributed by atoms with Crippen molar-refractivity contribution in [1.82, 2.24) is 19.9 Å². The van der Waals surface area contributed by atoms with Crippen LogP contribution in [0, 0.1) is 0 Å². The number of anilines is 1. The molecule has 1 aromatic carbocycles. The lowest BCUT2D eigenvalue weighted by molar-refractivity contribution is 0.0606. The Kier molecular flexibility index (Phi) is 5.28. The second kappa shape index (κ2) is 8.17. The number of aromatic nitrogens is 3. The molecule has 0 spiro atoms. The fraction of sp³-hybridized carbons (Fsp3) is 0.273. The van der Waals surface area contributed by atoms with Crippen molar-refractivity contribution in [3.8, 4) is 11.3 Å². The maximum absolute atomic E-state index is 13.4. The molecule has 1 aliphatic heterocycles. The Morgan fingerprint density at radius 2 is 1.93 bits per heavy atom. The summed E-state index contributed by atoms with van der Waals surface area (Å²) < 4.78 is 0. The van der Waals surface area contributed by atoms with Crippen molar-refractivity contribution in [3.63, 3.8) is 0 Å². The molecular formula is C22H23N5O. The number of benzene rings is 1. The lowest BCUT2D eigenvalue weighted by atomic mass is 9.97. The van der Waals surface area contributed by atoms with Gasteiger partial charge in [0.15, 0.2) is 5.82 Å². The summed E-state index contributed by atoms with van der Waals surface area (Å²) in [5.41, 5.74) is 3.22. The van der Waals surface area contributed by atoms with E-state index in [2.05, 4.69) is 20.3 Å². The normalized spacial score (nSPS) is 16.6. The standard InChI is InChI=1S/C22H23N5O/c1-23-21-20(25-12-13-26-21)16-7-6-8-17(15-16)22(28)27-14-5-3-10-19(27)18-9-2-4-11-24-18/h2,4,6-9,11-13,15,19H,3,5,10,14H2,1H3,(H,23,26)/t19-/m0/s1. The zero-order valence-electron chi connectivity index (χ0n) is 15.9. The van der Waals surface area contributed by atoms with Gasteiger partial charge >= 0.3 is 0 Å². The average molecular weight is 373 g/mol. The summed E-state index contributed by atoms with van der Waals surface area (Å²) in [5.74, 6) is 0.725. The van der Waals surface area contributed by atoms with Crippen LogP contribution in [0.15, 0.2) is 61.1 Å². The number of likely N-dealkylation sites (tertiary alicyclic amines) is 1. The van der Waals surface area contributed by atoms with E-state index < -0.39 is 0 Å². The molecular weight excluding hydrogens is 350 g/mol. The molecule has 28 heavy (non-hydrogen) atoms. The van der Waals surface area contributed by atoms with E-state index in [0.717, 1.165) is 42.8 Å². The Morgan fingerprint density at radius 1 is 1.04 bits per heavy atom. The Balaban J connectivity index is 1.66. The lowest BCUT2D eigenvalue weighted by Crippen LogP contribution is -2.38. The van der Waals surface area contributed by atoms with E-state index in [9.17, 15) is 4.79 Å². The number of carbonyl (C=O) groups is 1. The molecule has 0 unspecified atom stereocenters. The fourth-order valence-electron chi connectivity index (χ4n) is 3.75. The molecule has 3 aromatic rings. The first kappa shape index (κ1) is 18.1. The highest BCUT2D eigenvalue weighted by molar-refractivity contribution is 5.96. The third-order valence-electron chi connectivity index (χ3n) is 5.11. The molecule has 0 saturated carbocycles. The van der Waals surface area contributed by atoms with E-state index >= 15 is 0 Å². The van der Waals surface area contributed by atoms with Crippen LogP contribution >= 0.6 is 0 Å². The highest BCUT2D eigenvalue weighted by atomic mass is 16.2. The van der Waals surface area contributed by atoms with Crippen LogP contribution in [0.3, 0.4) is 0 Å². The molecule has 6 nitrogen and oxygen atoms in total. The maximum atomic E-state index is 13.4. The molecule has 4 rings (SSSR count). The number of nitrogens with zero attached hydrogens (tertiary/aromatic N) is 4. The van der Waals surface area contributed by atoms with Crippen LogP contribution in [-0.4, -0.2) is 39.4 Å². The minimum atomic E-state index is 0.0236. The number of hydrogen-bond donors (Lipinski definition) is 1. The van der Waals surface area contributed by atoms with Crippen LogP contribution in [0.2, 0.25) is 0 Å². The van der Waals surface area contributed by atoms with Gasteiger partial charge in [-0.2, -0.15) is 0 Å². The first-order valence-electron chi connectivity index (χ1n) is 9.59. The van der Waals surface area contributed by atoms with Gasteiger partial charge < -0.3 is 10.2 Å². The number of nitrogens with one attached hydrogen (secondary N) is 1. The number of hydrogen-bond acceptors (Lipinski definition) is 5. The van der Waals surface area contributed by atoms with Gasteiger partial charge in [-0.3, -0.25) is 14.8 Å². The smallest absolute Gasteiger partial charge is 0.254 e. The van der Waals surface area contributed by atoms with Crippen LogP contribution in [0.4, 0.5) is 5.82 Å². The first-order valence-corrected chi connectivity index (χ1v) is 9.59. The van der Waals surface area contributed by atoms with Gasteiger partial charge in [-0.1, -0.05) is 18.2 Å². The number of piperidine rings is 1. The molecule has 1 atom stereocenters. The molecule has 1 amide bonds. The summed E-state index contributed by atoms with van der Waals surface area (Å²) in [6.07, 6.45) is 8.16. The third-order valence-corrected chi connectivity index (χ3v) is 5.11. The van der Waals surface area contributed by atoms with E-state index in [-0.39, 0.29) is 11.9 Å². The molecule has 1 fully saturated rings. The monoisotopic (exact) mass is 373 g/mol. The molecule has 0 aliphatic carbocycles. The molecule has 0 radical (unpaired) electrons. The van der Waals surface area contributed by atoms with Gasteiger partial charge in [-0.05, 0) is 43.5 Å². The lowest BCUT2D eigenvalue weighted by Gasteiger charge is -2.35. The van der Waals surface area contributed by atoms with Crippen molar-refractivity contribution < 1.29 is 4.79 Å². The van der Waals surface area contributed by atoms with Crippen LogP contribution < -0.4 is 5.32 Å². The predicted molar refractivity (Wildman–Crippen MR) is 109 cm³/mol. The maximum Gasteiger partial charge on any atom is 0.254 e. The molecule has 1 N–H and O–H groups in total. The van der Waals surface area contributed by atoms with Gasteiger partial charge in [-0.25, -0.2) is 4.98 Å². The summed E-state index contributed by atoms with van der Waals surface area (Å²) in [6, 6.07) is 13.5. The van der Waals surface area contributed by atoms with Crippen molar-refractivity contribution in [3.05, 3.63) is 72.3 Å². The van der Waals surface area contributed by atoms with Crippen LogP contribution in [0.1, 0.15) is 41.4 Å². The van der Waals surface area contributed by atoms with Crippen LogP contribution in [0.5, 0.6) is 0 Å². The Hall–Kier alpha value is -3.28. The first-order chi connectivity index (χ1) is 13.8. The minimum absolute atomic E-state index is 0.0236. The number of rotatable bonds is 4. The molecule has 1 saturated heterocycles. The second-order valence-corrected chi connectivity index (χ2v) is 6.85. The Labute approximate surface area is 164 Å². The molecule has 1 aliphatic rings. The predicted octanol–water partition coefficient (Wildman–Crippen LogP) is 3.95. The zero-order chi connectivity index (χ0) is 19.3. The van der Waals surface area contributed by atoms with Crippen LogP contribution in [0.25, 0.3) is 11.3 Å². The van der Waals surface area contributed by atoms with Gasteiger partial charge in [0.2, 0.25) is 0 Å². The van der Waals surface area contributed by atoms with Crippen molar-refractivity contribution in [2.75, 3.05) is 18.9 Å². The highest BCUT2D eigenvalue weighted by Crippen LogP contribution is 2.32. The summed E-state index contributed by atoms with van der Waals surface area (Å²) in [5, 5.41) is 3.06. The van der Waals surface area contributed by atoms with Crippen molar-refractivity contribution in [2.45, 2.75) is 25.3 Å². The molecule has 2 aromatic heterocycles. The average Bonchev–Trinajstić information content (AvgIpc) is 2.79. The molecule has 3 heterocycles. The summed E-state index contributed by atoms with van der Waals surface area (Å²) in [4.78, 5) is 28.6. The number of pyridine rings is 1. The Bertz CT molecular complexity index is 960. The van der Waals surface area contributed by atoms with Crippen molar-refractivity contribution >= 4 is 11.7 Å². The zero-order valence-corrected chi connectivity index (χ0v) is 15.9. The van der Waals surface area contributed by atoms with E-state index in [4.69, 9.17) is 0 Å². The van der Waals surface area contributed by atoms with E-state index in [1.165, 1.54) is 0 Å². The Morgan fingerprint density at radius 3 is 2.75 bits per heavy atom. The molecule has 6 heteroatoms. The van der Waals surface area contributed by atoms with Gasteiger partial charge in [0.25, 0.3) is 5.91 Å². The third kappa shape index (κ3) is 3.58. The van der Waals surface area contributed by atoms with Gasteiger partial charge in [-0.15, -0.1) is 0 Å². The highest BCUT2D eigenvalue weighted by Gasteiger charge is 2.29. The van der Waals surface area contributed by atoms with E-state index in [1.807, 2.05) is 54.4 Å². The van der Waals surface area contributed by atoms with E-state index in [0.29, 0.717) is 11.4 Å². The van der Waals surface area contributed by atoms with Gasteiger partial charge in [0, 0.05) is 43.3 Å². The molecule has 0 bridgehead atoms. The van der Waals surface area contributed by atoms with Gasteiger partial charge in [0.1, 0.15) is 5.69 Å². The summed E-state index contributed by atoms with van der Waals surface area (Å²) >= 11 is 0. The number of carbonyl (C=O) groups excluding carboxylic acids is 1. The van der Waals surface area contributed by atoms with Crippen LogP contribution in [-0.2, 0) is 0 Å². The SMILES string of the molecule is CNc1nccnc1-c1cccc(C(=O)N2CCCC[C@H]2c2ccccn2)c1. The van der Waals surface area contributed by atoms with E-state index in [1.54, 1.807) is 18.6 Å². The van der Waals surface area contributed by atoms with Gasteiger partial charge in [0.05, 0.1) is 11.7 Å². The second-order valence-electron chi connectivity index (χ2n) is 6.85. The minimum Gasteiger partial charge on any atom is -0.371 e. The quantitative estimate of drug-likeness (QED) is 0.750. The number of amides is 1. The summed E-state index contributed by atoms with van der Waals surface area (Å²) in [6.45, 7) is 0.747. The summed E-state index contributed by atoms with van der Waals surface area (Å²) in [7, 11) is 1.81. The fourth-order valence-corrected chi connectivity index (χ4v) is 3.75. The van der Waals surface area contributed by atoms with Crippen molar-refractivity contribution in [2.24, 2.45) is 0 Å². The van der Waals surface area contributed by atoms with Crippen molar-refractivity contribution in [1.29, 1.82) is 0 Å². The molecule has 142 valence electrons. The topological polar surface area (TPSA) is 71.0 Å².